The zero-order valence-corrected chi connectivity index (χ0v) is 22.3. The Morgan fingerprint density at radius 3 is 1.67 bits per heavy atom. The van der Waals surface area contributed by atoms with Crippen LogP contribution in [0.2, 0.25) is 6.04 Å². The third-order valence-electron chi connectivity index (χ3n) is 5.23. The minimum absolute atomic E-state index is 0.333. The van der Waals surface area contributed by atoms with Crippen LogP contribution in [-0.4, -0.2) is 48.7 Å². The summed E-state index contributed by atoms with van der Waals surface area (Å²) in [5.74, 6) is 6.45. The number of ether oxygens (including phenoxy) is 2. The van der Waals surface area contributed by atoms with Crippen LogP contribution in [0.5, 0.6) is 0 Å². The highest BCUT2D eigenvalue weighted by atomic mass is 32.8. The zero-order valence-electron chi connectivity index (χ0n) is 18.8. The van der Waals surface area contributed by atoms with Crippen LogP contribution in [0.3, 0.4) is 0 Å². The van der Waals surface area contributed by atoms with Gasteiger partial charge in [-0.2, -0.15) is 33.6 Å². The van der Waals surface area contributed by atoms with E-state index in [-0.39, 0.29) is 0 Å². The smallest absolute Gasteiger partial charge is 0.237 e. The first kappa shape index (κ1) is 25.1. The van der Waals surface area contributed by atoms with E-state index >= 15 is 0 Å². The van der Waals surface area contributed by atoms with Crippen molar-refractivity contribution in [1.29, 1.82) is 0 Å². The van der Waals surface area contributed by atoms with E-state index in [0.717, 1.165) is 80.0 Å². The standard InChI is InChI=1S/C24H32O5S3Si/c1-5-21(26-12-1)8-15-30-33(18-4-11-25-19-24-20-29-24,31-16-9-22-6-2-13-27-22)32-17-10-23-7-3-14-28-23/h1-3,5-7,12-14,24H,4,8-11,15-20H2. The lowest BCUT2D eigenvalue weighted by molar-refractivity contribution is 0.117. The van der Waals surface area contributed by atoms with Crippen molar-refractivity contribution < 1.29 is 22.7 Å². The van der Waals surface area contributed by atoms with E-state index in [2.05, 4.69) is 51.8 Å². The molecule has 0 aliphatic carbocycles. The summed E-state index contributed by atoms with van der Waals surface area (Å²) in [6.07, 6.45) is 9.64. The molecule has 0 spiro atoms. The zero-order chi connectivity index (χ0) is 22.6. The van der Waals surface area contributed by atoms with Crippen LogP contribution < -0.4 is 0 Å². The average molecular weight is 525 g/mol. The van der Waals surface area contributed by atoms with Crippen molar-refractivity contribution in [3.63, 3.8) is 0 Å². The average Bonchev–Trinajstić information content (AvgIpc) is 3.26. The Hall–Kier alpha value is -0.973. The van der Waals surface area contributed by atoms with Gasteiger partial charge in [-0.1, -0.05) is 0 Å². The highest BCUT2D eigenvalue weighted by molar-refractivity contribution is 8.81. The Morgan fingerprint density at radius 2 is 1.27 bits per heavy atom. The van der Waals surface area contributed by atoms with Crippen LogP contribution in [0.4, 0.5) is 0 Å². The van der Waals surface area contributed by atoms with Gasteiger partial charge in [0.15, 0.2) is 0 Å². The molecule has 0 saturated carbocycles. The summed E-state index contributed by atoms with van der Waals surface area (Å²) >= 11 is 6.54. The van der Waals surface area contributed by atoms with Crippen molar-refractivity contribution >= 4 is 39.2 Å². The summed E-state index contributed by atoms with van der Waals surface area (Å²) in [6, 6.07) is 13.4. The summed E-state index contributed by atoms with van der Waals surface area (Å²) in [5, 5.41) is 0. The van der Waals surface area contributed by atoms with Gasteiger partial charge in [0.25, 0.3) is 0 Å². The number of hydrogen-bond donors (Lipinski definition) is 0. The fourth-order valence-electron chi connectivity index (χ4n) is 3.40. The van der Waals surface area contributed by atoms with Crippen molar-refractivity contribution in [3.05, 3.63) is 72.5 Å². The Kier molecular flexibility index (Phi) is 10.5. The second-order valence-electron chi connectivity index (χ2n) is 7.85. The van der Waals surface area contributed by atoms with E-state index in [9.17, 15) is 0 Å². The van der Waals surface area contributed by atoms with Crippen LogP contribution in [-0.2, 0) is 28.7 Å². The van der Waals surface area contributed by atoms with Gasteiger partial charge in [0.1, 0.15) is 23.4 Å². The molecule has 1 saturated heterocycles. The Labute approximate surface area is 208 Å². The maximum atomic E-state index is 5.87. The monoisotopic (exact) mass is 524 g/mol. The van der Waals surface area contributed by atoms with Gasteiger partial charge in [0.2, 0.25) is 5.52 Å². The van der Waals surface area contributed by atoms with Crippen molar-refractivity contribution in [3.8, 4) is 0 Å². The molecule has 4 heterocycles. The molecule has 4 rings (SSSR count). The molecule has 3 aromatic rings. The molecular formula is C24H32O5S3Si. The summed E-state index contributed by atoms with van der Waals surface area (Å²) < 4.78 is 27.9. The summed E-state index contributed by atoms with van der Waals surface area (Å²) in [6.45, 7) is 2.40. The SMILES string of the molecule is c1coc(CCS[Si](CCCOCC2CO2)(SCCc2ccco2)SCCc2ccco2)c1. The van der Waals surface area contributed by atoms with E-state index in [4.69, 9.17) is 22.7 Å². The van der Waals surface area contributed by atoms with E-state index < -0.39 is 5.52 Å². The van der Waals surface area contributed by atoms with Crippen molar-refractivity contribution in [2.75, 3.05) is 37.1 Å². The quantitative estimate of drug-likeness (QED) is 0.107. The molecule has 1 atom stereocenters. The normalized spacial score (nSPS) is 15.8. The molecule has 180 valence electrons. The van der Waals surface area contributed by atoms with Crippen molar-refractivity contribution in [2.24, 2.45) is 0 Å². The topological polar surface area (TPSA) is 61.2 Å². The molecule has 1 aliphatic rings. The minimum atomic E-state index is -1.74. The molecule has 5 nitrogen and oxygen atoms in total. The Bertz CT molecular complexity index is 768. The van der Waals surface area contributed by atoms with Crippen LogP contribution in [0.15, 0.2) is 68.4 Å². The van der Waals surface area contributed by atoms with Gasteiger partial charge in [-0.15, -0.1) is 0 Å². The number of hydrogen-bond acceptors (Lipinski definition) is 8. The third-order valence-corrected chi connectivity index (χ3v) is 22.7. The van der Waals surface area contributed by atoms with Crippen LogP contribution in [0.1, 0.15) is 23.7 Å². The van der Waals surface area contributed by atoms with E-state index in [1.165, 1.54) is 6.04 Å². The van der Waals surface area contributed by atoms with E-state index in [0.29, 0.717) is 6.10 Å². The lowest BCUT2D eigenvalue weighted by Crippen LogP contribution is -2.26. The molecular weight excluding hydrogens is 493 g/mol. The molecule has 1 fully saturated rings. The van der Waals surface area contributed by atoms with Gasteiger partial charge in [-0.25, -0.2) is 0 Å². The Balaban J connectivity index is 1.34. The minimum Gasteiger partial charge on any atom is -0.469 e. The molecule has 9 heteroatoms. The lowest BCUT2D eigenvalue weighted by Gasteiger charge is -2.30. The molecule has 0 amide bonds. The Morgan fingerprint density at radius 1 is 0.788 bits per heavy atom. The van der Waals surface area contributed by atoms with Crippen molar-refractivity contribution in [1.82, 2.24) is 0 Å². The first-order chi connectivity index (χ1) is 16.3. The maximum absolute atomic E-state index is 5.87. The maximum Gasteiger partial charge on any atom is 0.237 e. The predicted molar refractivity (Wildman–Crippen MR) is 140 cm³/mol. The summed E-state index contributed by atoms with van der Waals surface area (Å²) in [4.78, 5) is 0. The first-order valence-corrected chi connectivity index (χ1v) is 18.8. The van der Waals surface area contributed by atoms with Gasteiger partial charge in [-0.3, -0.25) is 0 Å². The fraction of sp³-hybridized carbons (Fsp3) is 0.500. The lowest BCUT2D eigenvalue weighted by atomic mass is 10.4. The van der Waals surface area contributed by atoms with Crippen molar-refractivity contribution in [2.45, 2.75) is 37.8 Å². The molecule has 0 N–H and O–H groups in total. The van der Waals surface area contributed by atoms with Gasteiger partial charge >= 0.3 is 0 Å². The summed E-state index contributed by atoms with van der Waals surface area (Å²) in [5.41, 5.74) is -1.74. The van der Waals surface area contributed by atoms with Crippen LogP contribution in [0.25, 0.3) is 0 Å². The van der Waals surface area contributed by atoms with Gasteiger partial charge in [0.05, 0.1) is 32.0 Å². The molecule has 33 heavy (non-hydrogen) atoms. The summed E-state index contributed by atoms with van der Waals surface area (Å²) in [7, 11) is 0. The predicted octanol–water partition coefficient (Wildman–Crippen LogP) is 6.44. The number of epoxide rings is 1. The highest BCUT2D eigenvalue weighted by Gasteiger charge is 2.35. The molecule has 0 aromatic carbocycles. The second-order valence-corrected chi connectivity index (χ2v) is 23.0. The van der Waals surface area contributed by atoms with E-state index in [1.807, 2.05) is 18.2 Å². The fourth-order valence-corrected chi connectivity index (χ4v) is 20.3. The molecule has 3 aromatic heterocycles. The van der Waals surface area contributed by atoms with Gasteiger partial charge < -0.3 is 22.7 Å². The molecule has 1 unspecified atom stereocenters. The molecule has 1 aliphatic heterocycles. The third kappa shape index (κ3) is 9.30. The van der Waals surface area contributed by atoms with Crippen LogP contribution in [0, 0.1) is 0 Å². The highest BCUT2D eigenvalue weighted by Crippen LogP contribution is 2.46. The van der Waals surface area contributed by atoms with Gasteiger partial charge in [0, 0.05) is 25.9 Å². The first-order valence-electron chi connectivity index (χ1n) is 11.5. The number of aryl methyl sites for hydroxylation is 3. The molecule has 0 radical (unpaired) electrons. The second kappa shape index (κ2) is 13.8. The number of furan rings is 3. The molecule has 0 bridgehead atoms. The number of rotatable bonds is 18. The van der Waals surface area contributed by atoms with Crippen LogP contribution >= 0.6 is 33.6 Å². The largest absolute Gasteiger partial charge is 0.469 e. The van der Waals surface area contributed by atoms with Gasteiger partial charge in [-0.05, 0) is 66.1 Å². The van der Waals surface area contributed by atoms with E-state index in [1.54, 1.807) is 18.8 Å².